The highest BCUT2D eigenvalue weighted by atomic mass is 16.6. The lowest BCUT2D eigenvalue weighted by atomic mass is 10.0. The molecule has 0 heterocycles. The summed E-state index contributed by atoms with van der Waals surface area (Å²) in [4.78, 5) is 22.0. The van der Waals surface area contributed by atoms with Crippen LogP contribution in [0.15, 0.2) is 42.5 Å². The highest BCUT2D eigenvalue weighted by Crippen LogP contribution is 2.32. The van der Waals surface area contributed by atoms with E-state index < -0.39 is 4.92 Å². The number of unbranched alkanes of at least 4 members (excludes halogenated alkanes) is 2. The van der Waals surface area contributed by atoms with E-state index in [0.29, 0.717) is 37.0 Å². The van der Waals surface area contributed by atoms with Crippen molar-refractivity contribution >= 4 is 17.5 Å². The fourth-order valence-corrected chi connectivity index (χ4v) is 2.64. The maximum absolute atomic E-state index is 11.4. The summed E-state index contributed by atoms with van der Waals surface area (Å²) in [5.74, 6) is -0.0709. The zero-order valence-electron chi connectivity index (χ0n) is 15.6. The van der Waals surface area contributed by atoms with Gasteiger partial charge in [-0.3, -0.25) is 20.3 Å². The number of nitro benzene ring substituents is 1. The molecule has 0 aliphatic rings. The van der Waals surface area contributed by atoms with E-state index in [1.54, 1.807) is 36.4 Å². The normalized spacial score (nSPS) is 10.3. The summed E-state index contributed by atoms with van der Waals surface area (Å²) < 4.78 is 10.1. The van der Waals surface area contributed by atoms with E-state index in [4.69, 9.17) is 15.9 Å². The molecule has 0 amide bonds. The van der Waals surface area contributed by atoms with Crippen molar-refractivity contribution in [2.45, 2.75) is 25.7 Å². The van der Waals surface area contributed by atoms with Crippen LogP contribution in [0.25, 0.3) is 11.1 Å². The zero-order valence-corrected chi connectivity index (χ0v) is 15.6. The minimum atomic E-state index is -0.472. The molecule has 2 rings (SSSR count). The number of hydrogen-bond acceptors (Lipinski definition) is 6. The average Bonchev–Trinajstić information content (AvgIpc) is 2.70. The number of carbonyl (C=O) groups excluding carboxylic acids is 1. The van der Waals surface area contributed by atoms with Crippen molar-refractivity contribution in [3.8, 4) is 16.9 Å². The second kappa shape index (κ2) is 10.1. The zero-order chi connectivity index (χ0) is 20.5. The van der Waals surface area contributed by atoms with Gasteiger partial charge in [0.05, 0.1) is 18.6 Å². The molecule has 0 spiro atoms. The van der Waals surface area contributed by atoms with Gasteiger partial charge in [0.15, 0.2) is 5.75 Å². The van der Waals surface area contributed by atoms with Gasteiger partial charge in [-0.05, 0) is 36.5 Å². The molecule has 0 saturated carbocycles. The quantitative estimate of drug-likeness (QED) is 0.160. The molecule has 2 aromatic rings. The number of nitrogens with one attached hydrogen (secondary N) is 1. The van der Waals surface area contributed by atoms with Gasteiger partial charge in [0.25, 0.3) is 0 Å². The maximum atomic E-state index is 11.4. The standard InChI is InChI=1S/C20H23N3O5/c1-27-19(24)5-3-2-4-12-28-18-11-10-16(13-17(18)23(25)26)14-6-8-15(9-7-14)20(21)22/h6-11,13H,2-5,12H2,1H3,(H3,21,22). The Kier molecular flexibility index (Phi) is 7.50. The molecule has 0 aromatic heterocycles. The number of esters is 1. The van der Waals surface area contributed by atoms with Crippen molar-refractivity contribution in [1.29, 1.82) is 5.41 Å². The number of benzene rings is 2. The Morgan fingerprint density at radius 2 is 1.79 bits per heavy atom. The molecular weight excluding hydrogens is 362 g/mol. The predicted molar refractivity (Wildman–Crippen MR) is 106 cm³/mol. The fourth-order valence-electron chi connectivity index (χ4n) is 2.64. The van der Waals surface area contributed by atoms with Crippen LogP contribution in [-0.4, -0.2) is 30.4 Å². The maximum Gasteiger partial charge on any atom is 0.311 e. The minimum absolute atomic E-state index is 0.0344. The van der Waals surface area contributed by atoms with Crippen LogP contribution in [0.1, 0.15) is 31.2 Å². The molecule has 28 heavy (non-hydrogen) atoms. The Bertz CT molecular complexity index is 849. The van der Waals surface area contributed by atoms with Crippen molar-refractivity contribution in [2.75, 3.05) is 13.7 Å². The van der Waals surface area contributed by atoms with Gasteiger partial charge in [-0.15, -0.1) is 0 Å². The molecule has 8 nitrogen and oxygen atoms in total. The van der Waals surface area contributed by atoms with Gasteiger partial charge in [-0.2, -0.15) is 0 Å². The molecule has 0 radical (unpaired) electrons. The first-order valence-corrected chi connectivity index (χ1v) is 8.85. The number of nitro groups is 1. The number of methoxy groups -OCH3 is 1. The van der Waals surface area contributed by atoms with Crippen molar-refractivity contribution in [1.82, 2.24) is 0 Å². The van der Waals surface area contributed by atoms with Gasteiger partial charge in [0, 0.05) is 18.1 Å². The van der Waals surface area contributed by atoms with E-state index >= 15 is 0 Å². The van der Waals surface area contributed by atoms with E-state index in [-0.39, 0.29) is 23.2 Å². The lowest BCUT2D eigenvalue weighted by Crippen LogP contribution is -2.10. The third kappa shape index (κ3) is 5.80. The molecule has 3 N–H and O–H groups in total. The number of amidine groups is 1. The van der Waals surface area contributed by atoms with Crippen molar-refractivity contribution in [3.63, 3.8) is 0 Å². The molecule has 0 bridgehead atoms. The van der Waals surface area contributed by atoms with Crippen LogP contribution in [0, 0.1) is 15.5 Å². The van der Waals surface area contributed by atoms with Crippen LogP contribution in [0.2, 0.25) is 0 Å². The van der Waals surface area contributed by atoms with Crippen molar-refractivity contribution in [3.05, 3.63) is 58.1 Å². The molecule has 0 atom stereocenters. The molecule has 0 unspecified atom stereocenters. The number of nitrogens with two attached hydrogens (primary N) is 1. The lowest BCUT2D eigenvalue weighted by Gasteiger charge is -2.09. The summed E-state index contributed by atoms with van der Waals surface area (Å²) >= 11 is 0. The number of nitrogens with zero attached hydrogens (tertiary/aromatic N) is 1. The fraction of sp³-hybridized carbons (Fsp3) is 0.300. The van der Waals surface area contributed by atoms with E-state index in [2.05, 4.69) is 4.74 Å². The number of rotatable bonds is 10. The van der Waals surface area contributed by atoms with E-state index in [9.17, 15) is 14.9 Å². The molecule has 0 saturated heterocycles. The first kappa shape index (κ1) is 20.9. The monoisotopic (exact) mass is 385 g/mol. The smallest absolute Gasteiger partial charge is 0.311 e. The Labute approximate surface area is 162 Å². The van der Waals surface area contributed by atoms with Gasteiger partial charge in [-0.25, -0.2) is 0 Å². The third-order valence-corrected chi connectivity index (χ3v) is 4.20. The predicted octanol–water partition coefficient (Wildman–Crippen LogP) is 3.66. The van der Waals surface area contributed by atoms with E-state index in [1.807, 2.05) is 0 Å². The van der Waals surface area contributed by atoms with Crippen molar-refractivity contribution in [2.24, 2.45) is 5.73 Å². The summed E-state index contributed by atoms with van der Waals surface area (Å²) in [5, 5.41) is 18.8. The van der Waals surface area contributed by atoms with Crippen LogP contribution in [0.3, 0.4) is 0 Å². The summed E-state index contributed by atoms with van der Waals surface area (Å²) in [7, 11) is 1.35. The molecule has 0 aliphatic carbocycles. The van der Waals surface area contributed by atoms with Gasteiger partial charge >= 0.3 is 11.7 Å². The Morgan fingerprint density at radius 1 is 1.11 bits per heavy atom. The largest absolute Gasteiger partial charge is 0.487 e. The van der Waals surface area contributed by atoms with Gasteiger partial charge in [0.2, 0.25) is 0 Å². The summed E-state index contributed by atoms with van der Waals surface area (Å²) in [6, 6.07) is 11.7. The second-order valence-corrected chi connectivity index (χ2v) is 6.17. The minimum Gasteiger partial charge on any atom is -0.487 e. The van der Waals surface area contributed by atoms with E-state index in [0.717, 1.165) is 12.0 Å². The highest BCUT2D eigenvalue weighted by molar-refractivity contribution is 5.95. The molecule has 0 aliphatic heterocycles. The summed E-state index contributed by atoms with van der Waals surface area (Å²) in [5.41, 5.74) is 7.37. The lowest BCUT2D eigenvalue weighted by molar-refractivity contribution is -0.385. The summed E-state index contributed by atoms with van der Waals surface area (Å²) in [6.07, 6.45) is 2.49. The number of nitrogen functional groups attached to an aromatic ring is 1. The average molecular weight is 385 g/mol. The Balaban J connectivity index is 2.01. The SMILES string of the molecule is COC(=O)CCCCCOc1ccc(-c2ccc(C(=N)N)cc2)cc1[N+](=O)[O-]. The number of ether oxygens (including phenoxy) is 2. The second-order valence-electron chi connectivity index (χ2n) is 6.17. The molecule has 8 heteroatoms. The Hall–Kier alpha value is -3.42. The molecule has 148 valence electrons. The highest BCUT2D eigenvalue weighted by Gasteiger charge is 2.17. The number of carbonyl (C=O) groups is 1. The van der Waals surface area contributed by atoms with Crippen molar-refractivity contribution < 1.29 is 19.2 Å². The summed E-state index contributed by atoms with van der Waals surface area (Å²) in [6.45, 7) is 0.328. The molecular formula is C20H23N3O5. The number of hydrogen-bond donors (Lipinski definition) is 2. The molecule has 0 fully saturated rings. The first-order chi connectivity index (χ1) is 13.4. The third-order valence-electron chi connectivity index (χ3n) is 4.20. The topological polar surface area (TPSA) is 129 Å². The molecule has 2 aromatic carbocycles. The van der Waals surface area contributed by atoms with Crippen LogP contribution in [0.5, 0.6) is 5.75 Å². The van der Waals surface area contributed by atoms with Gasteiger partial charge < -0.3 is 15.2 Å². The first-order valence-electron chi connectivity index (χ1n) is 8.85. The van der Waals surface area contributed by atoms with Gasteiger partial charge in [-0.1, -0.05) is 30.3 Å². The van der Waals surface area contributed by atoms with Crippen LogP contribution in [-0.2, 0) is 9.53 Å². The Morgan fingerprint density at radius 3 is 2.39 bits per heavy atom. The van der Waals surface area contributed by atoms with Gasteiger partial charge in [0.1, 0.15) is 5.84 Å². The van der Waals surface area contributed by atoms with Crippen LogP contribution >= 0.6 is 0 Å². The van der Waals surface area contributed by atoms with E-state index in [1.165, 1.54) is 13.2 Å². The van der Waals surface area contributed by atoms with Crippen LogP contribution < -0.4 is 10.5 Å². The van der Waals surface area contributed by atoms with Crippen LogP contribution in [0.4, 0.5) is 5.69 Å².